The molecule has 0 N–H and O–H groups in total. The van der Waals surface area contributed by atoms with Crippen molar-refractivity contribution in [3.05, 3.63) is 164 Å². The number of benzene rings is 5. The van der Waals surface area contributed by atoms with E-state index in [9.17, 15) is 0 Å². The Kier molecular flexibility index (Phi) is 7.28. The first kappa shape index (κ1) is 25.2. The molecule has 0 aliphatic rings. The Hall–Kier alpha value is -3.06. The molecular weight excluding hydrogens is 619 g/mol. The Bertz CT molecular complexity index is 1570. The molecule has 1 heterocycles. The molecule has 5 aromatic carbocycles. The SMILES string of the molecule is Clc1cc(SCc2ccccc2)cc2c1c(I)nn2C(c1ccccc1)(c1ccccc1)c1ccccc1. The molecule has 0 saturated heterocycles. The van der Waals surface area contributed by atoms with Crippen LogP contribution in [0.15, 0.2) is 138 Å². The molecule has 0 unspecified atom stereocenters. The first-order chi connectivity index (χ1) is 18.7. The van der Waals surface area contributed by atoms with E-state index in [4.69, 9.17) is 16.7 Å². The second-order valence-electron chi connectivity index (χ2n) is 9.08. The van der Waals surface area contributed by atoms with Gasteiger partial charge in [0.2, 0.25) is 0 Å². The molecule has 0 aliphatic carbocycles. The minimum atomic E-state index is -0.697. The van der Waals surface area contributed by atoms with Crippen molar-refractivity contribution < 1.29 is 0 Å². The third-order valence-electron chi connectivity index (χ3n) is 6.81. The van der Waals surface area contributed by atoms with Crippen LogP contribution >= 0.6 is 46.0 Å². The smallest absolute Gasteiger partial charge is 0.138 e. The van der Waals surface area contributed by atoms with Crippen LogP contribution in [0.1, 0.15) is 22.3 Å². The highest BCUT2D eigenvalue weighted by Crippen LogP contribution is 2.44. The molecule has 5 heteroatoms. The molecular formula is C33H24ClIN2S. The molecule has 6 aromatic rings. The van der Waals surface area contributed by atoms with Crippen molar-refractivity contribution in [1.29, 1.82) is 0 Å². The highest BCUT2D eigenvalue weighted by atomic mass is 127. The van der Waals surface area contributed by atoms with Gasteiger partial charge in [-0.15, -0.1) is 11.8 Å². The van der Waals surface area contributed by atoms with Gasteiger partial charge in [-0.25, -0.2) is 4.68 Å². The quantitative estimate of drug-likeness (QED) is 0.0981. The van der Waals surface area contributed by atoms with E-state index in [1.807, 2.05) is 6.07 Å². The van der Waals surface area contributed by atoms with Crippen molar-refractivity contribution >= 4 is 56.9 Å². The van der Waals surface area contributed by atoms with Gasteiger partial charge >= 0.3 is 0 Å². The van der Waals surface area contributed by atoms with Crippen LogP contribution in [-0.2, 0) is 11.3 Å². The molecule has 0 radical (unpaired) electrons. The van der Waals surface area contributed by atoms with Crippen molar-refractivity contribution in [3.8, 4) is 0 Å². The fourth-order valence-electron chi connectivity index (χ4n) is 5.12. The number of hydrogen-bond acceptors (Lipinski definition) is 2. The van der Waals surface area contributed by atoms with Crippen LogP contribution in [-0.4, -0.2) is 9.78 Å². The standard InChI is InChI=1S/C33H24ClIN2S/c34-29-21-28(38-23-24-13-5-1-6-14-24)22-30-31(29)32(35)36-37(30)33(25-15-7-2-8-16-25,26-17-9-3-10-18-26)27-19-11-4-12-20-27/h1-22H,23H2. The summed E-state index contributed by atoms with van der Waals surface area (Å²) >= 11 is 11.1. The molecule has 0 fully saturated rings. The predicted molar refractivity (Wildman–Crippen MR) is 168 cm³/mol. The van der Waals surface area contributed by atoms with Crippen molar-refractivity contribution in [1.82, 2.24) is 9.78 Å². The monoisotopic (exact) mass is 642 g/mol. The number of nitrogens with zero attached hydrogens (tertiary/aromatic N) is 2. The van der Waals surface area contributed by atoms with Gasteiger partial charge in [0, 0.05) is 10.6 Å². The number of thioether (sulfide) groups is 1. The fourth-order valence-corrected chi connectivity index (χ4v) is 7.35. The molecule has 0 saturated carbocycles. The lowest BCUT2D eigenvalue weighted by Crippen LogP contribution is -2.38. The zero-order chi connectivity index (χ0) is 26.0. The lowest BCUT2D eigenvalue weighted by atomic mass is 9.77. The Morgan fingerprint density at radius 2 is 1.16 bits per heavy atom. The summed E-state index contributed by atoms with van der Waals surface area (Å²) in [6, 6.07) is 46.8. The molecule has 186 valence electrons. The van der Waals surface area contributed by atoms with Gasteiger partial charge in [-0.1, -0.05) is 133 Å². The van der Waals surface area contributed by atoms with E-state index >= 15 is 0 Å². The molecule has 6 rings (SSSR count). The van der Waals surface area contributed by atoms with E-state index in [-0.39, 0.29) is 0 Å². The second-order valence-corrected chi connectivity index (χ2v) is 11.6. The summed E-state index contributed by atoms with van der Waals surface area (Å²) in [7, 11) is 0. The topological polar surface area (TPSA) is 17.8 Å². The molecule has 38 heavy (non-hydrogen) atoms. The number of hydrogen-bond donors (Lipinski definition) is 0. The van der Waals surface area contributed by atoms with Crippen LogP contribution in [0.2, 0.25) is 5.02 Å². The van der Waals surface area contributed by atoms with E-state index in [1.165, 1.54) is 5.56 Å². The molecule has 0 atom stereocenters. The Morgan fingerprint density at radius 3 is 1.66 bits per heavy atom. The molecule has 0 aliphatic heterocycles. The summed E-state index contributed by atoms with van der Waals surface area (Å²) in [5.74, 6) is 0.870. The zero-order valence-electron chi connectivity index (χ0n) is 20.5. The highest BCUT2D eigenvalue weighted by molar-refractivity contribution is 14.1. The summed E-state index contributed by atoms with van der Waals surface area (Å²) in [6.07, 6.45) is 0. The first-order valence-electron chi connectivity index (χ1n) is 12.4. The lowest BCUT2D eigenvalue weighted by Gasteiger charge is -2.37. The van der Waals surface area contributed by atoms with Crippen molar-refractivity contribution in [3.63, 3.8) is 0 Å². The maximum absolute atomic E-state index is 6.98. The number of rotatable bonds is 7. The van der Waals surface area contributed by atoms with E-state index in [2.05, 4.69) is 155 Å². The van der Waals surface area contributed by atoms with Gasteiger partial charge in [-0.2, -0.15) is 5.10 Å². The van der Waals surface area contributed by atoms with Gasteiger partial charge in [-0.05, 0) is 57.0 Å². The molecule has 2 nitrogen and oxygen atoms in total. The van der Waals surface area contributed by atoms with Crippen molar-refractivity contribution in [2.75, 3.05) is 0 Å². The van der Waals surface area contributed by atoms with Gasteiger partial charge in [0.25, 0.3) is 0 Å². The Balaban J connectivity index is 1.64. The summed E-state index contributed by atoms with van der Waals surface area (Å²) < 4.78 is 3.07. The first-order valence-corrected chi connectivity index (χ1v) is 14.8. The highest BCUT2D eigenvalue weighted by Gasteiger charge is 2.41. The molecule has 0 amide bonds. The van der Waals surface area contributed by atoms with Gasteiger partial charge in [0.15, 0.2) is 0 Å². The van der Waals surface area contributed by atoms with Gasteiger partial charge in [-0.3, -0.25) is 0 Å². The number of halogens is 2. The van der Waals surface area contributed by atoms with Crippen LogP contribution in [0.5, 0.6) is 0 Å². The summed E-state index contributed by atoms with van der Waals surface area (Å²) in [6.45, 7) is 0. The Labute approximate surface area is 245 Å². The molecule has 0 spiro atoms. The predicted octanol–water partition coefficient (Wildman–Crippen LogP) is 9.43. The average Bonchev–Trinajstić information content (AvgIpc) is 3.31. The van der Waals surface area contributed by atoms with Crippen LogP contribution in [0.25, 0.3) is 10.9 Å². The zero-order valence-corrected chi connectivity index (χ0v) is 24.2. The lowest BCUT2D eigenvalue weighted by molar-refractivity contribution is 0.473. The van der Waals surface area contributed by atoms with Crippen LogP contribution < -0.4 is 0 Å². The van der Waals surface area contributed by atoms with E-state index in [1.54, 1.807) is 11.8 Å². The number of aromatic nitrogens is 2. The fraction of sp³-hybridized carbons (Fsp3) is 0.0606. The van der Waals surface area contributed by atoms with E-state index < -0.39 is 5.54 Å². The average molecular weight is 643 g/mol. The van der Waals surface area contributed by atoms with Crippen LogP contribution in [0.4, 0.5) is 0 Å². The minimum Gasteiger partial charge on any atom is -0.244 e. The third kappa shape index (κ3) is 4.55. The van der Waals surface area contributed by atoms with Crippen LogP contribution in [0.3, 0.4) is 0 Å². The maximum Gasteiger partial charge on any atom is 0.138 e. The van der Waals surface area contributed by atoms with Gasteiger partial charge < -0.3 is 0 Å². The normalized spacial score (nSPS) is 11.6. The molecule has 0 bridgehead atoms. The van der Waals surface area contributed by atoms with Crippen molar-refractivity contribution in [2.24, 2.45) is 0 Å². The van der Waals surface area contributed by atoms with Gasteiger partial charge in [0.05, 0.1) is 15.9 Å². The summed E-state index contributed by atoms with van der Waals surface area (Å²) in [5, 5.41) is 6.92. The van der Waals surface area contributed by atoms with E-state index in [0.717, 1.165) is 47.0 Å². The maximum atomic E-state index is 6.98. The molecule has 1 aromatic heterocycles. The summed E-state index contributed by atoms with van der Waals surface area (Å²) in [5.41, 5.74) is 5.00. The minimum absolute atomic E-state index is 0.697. The third-order valence-corrected chi connectivity index (χ3v) is 8.91. The van der Waals surface area contributed by atoms with E-state index in [0.29, 0.717) is 0 Å². The number of fused-ring (bicyclic) bond motifs is 1. The largest absolute Gasteiger partial charge is 0.244 e. The Morgan fingerprint density at radius 1 is 0.684 bits per heavy atom. The van der Waals surface area contributed by atoms with Crippen molar-refractivity contribution in [2.45, 2.75) is 16.2 Å². The second kappa shape index (κ2) is 11.0. The summed E-state index contributed by atoms with van der Waals surface area (Å²) in [4.78, 5) is 1.12. The van der Waals surface area contributed by atoms with Gasteiger partial charge in [0.1, 0.15) is 9.24 Å². The van der Waals surface area contributed by atoms with Crippen LogP contribution in [0, 0.1) is 3.70 Å².